The van der Waals surface area contributed by atoms with Gasteiger partial charge < -0.3 is 9.47 Å². The van der Waals surface area contributed by atoms with E-state index >= 15 is 0 Å². The number of halogens is 1. The maximum absolute atomic E-state index is 12.7. The van der Waals surface area contributed by atoms with Crippen LogP contribution < -0.4 is 0 Å². The van der Waals surface area contributed by atoms with Gasteiger partial charge in [-0.3, -0.25) is 0 Å². The fourth-order valence-electron chi connectivity index (χ4n) is 4.20. The van der Waals surface area contributed by atoms with Crippen molar-refractivity contribution in [3.05, 3.63) is 11.1 Å². The Labute approximate surface area is 192 Å². The van der Waals surface area contributed by atoms with E-state index in [4.69, 9.17) is 9.47 Å². The molecule has 0 saturated carbocycles. The van der Waals surface area contributed by atoms with Crippen LogP contribution >= 0.6 is 15.9 Å². The quantitative estimate of drug-likeness (QED) is 0.115. The summed E-state index contributed by atoms with van der Waals surface area (Å²) in [7, 11) is 0. The van der Waals surface area contributed by atoms with Crippen LogP contribution in [0.1, 0.15) is 117 Å². The van der Waals surface area contributed by atoms with Gasteiger partial charge in [0, 0.05) is 5.33 Å². The van der Waals surface area contributed by atoms with Crippen molar-refractivity contribution in [1.82, 2.24) is 0 Å². The normalized spacial score (nSPS) is 15.5. The third kappa shape index (κ3) is 8.72. The molecule has 174 valence electrons. The first-order valence-electron chi connectivity index (χ1n) is 12.3. The van der Waals surface area contributed by atoms with Gasteiger partial charge in [-0.25, -0.2) is 9.59 Å². The van der Waals surface area contributed by atoms with Gasteiger partial charge in [-0.05, 0) is 19.3 Å². The van der Waals surface area contributed by atoms with E-state index in [1.54, 1.807) is 0 Å². The lowest BCUT2D eigenvalue weighted by Gasteiger charge is -2.27. The Bertz CT molecular complexity index is 537. The standard InChI is InChI=1S/C25H43BrO4/c1-4-7-8-9-10-11-12-13-14-15-16-17-18-19-29-24(28)22-21(20-26)23(27)30-25(22,5-2)6-3/h4-20H2,1-3H3. The number of unbranched alkanes of at least 4 members (excludes halogenated alkanes) is 12. The van der Waals surface area contributed by atoms with Crippen molar-refractivity contribution in [2.45, 2.75) is 123 Å². The highest BCUT2D eigenvalue weighted by Gasteiger charge is 2.48. The van der Waals surface area contributed by atoms with E-state index in [1.807, 2.05) is 13.8 Å². The van der Waals surface area contributed by atoms with E-state index in [-0.39, 0.29) is 0 Å². The molecule has 4 nitrogen and oxygen atoms in total. The highest BCUT2D eigenvalue weighted by molar-refractivity contribution is 9.09. The average molecular weight is 488 g/mol. The minimum absolute atomic E-state index is 0.316. The van der Waals surface area contributed by atoms with Gasteiger partial charge in [-0.15, -0.1) is 0 Å². The van der Waals surface area contributed by atoms with Gasteiger partial charge in [0.2, 0.25) is 0 Å². The average Bonchev–Trinajstić information content (AvgIpc) is 3.05. The van der Waals surface area contributed by atoms with Gasteiger partial charge in [0.15, 0.2) is 0 Å². The number of carbonyl (C=O) groups is 2. The molecule has 1 rings (SSSR count). The van der Waals surface area contributed by atoms with E-state index in [9.17, 15) is 9.59 Å². The molecule has 0 aromatic rings. The number of rotatable bonds is 18. The largest absolute Gasteiger partial charge is 0.462 e. The molecule has 0 radical (unpaired) electrons. The number of cyclic esters (lactones) is 1. The zero-order valence-corrected chi connectivity index (χ0v) is 21.1. The molecule has 1 aliphatic heterocycles. The molecule has 0 fully saturated rings. The first-order valence-corrected chi connectivity index (χ1v) is 13.4. The molecule has 0 N–H and O–H groups in total. The summed E-state index contributed by atoms with van der Waals surface area (Å²) in [5, 5.41) is 0.316. The lowest BCUT2D eigenvalue weighted by atomic mass is 9.87. The Hall–Kier alpha value is -0.840. The fourth-order valence-corrected chi connectivity index (χ4v) is 4.71. The molecule has 5 heteroatoms. The first-order chi connectivity index (χ1) is 14.6. The summed E-state index contributed by atoms with van der Waals surface area (Å²) in [6, 6.07) is 0. The molecule has 0 aliphatic carbocycles. The van der Waals surface area contributed by atoms with Crippen molar-refractivity contribution >= 4 is 27.9 Å². The third-order valence-corrected chi connectivity index (χ3v) is 6.81. The lowest BCUT2D eigenvalue weighted by Crippen LogP contribution is -2.34. The number of carbonyl (C=O) groups excluding carboxylic acids is 2. The minimum atomic E-state index is -0.826. The van der Waals surface area contributed by atoms with Crippen molar-refractivity contribution in [3.63, 3.8) is 0 Å². The van der Waals surface area contributed by atoms with Crippen LogP contribution in [0.4, 0.5) is 0 Å². The number of esters is 2. The van der Waals surface area contributed by atoms with Gasteiger partial charge in [0.1, 0.15) is 5.60 Å². The van der Waals surface area contributed by atoms with Gasteiger partial charge in [0.25, 0.3) is 0 Å². The highest BCUT2D eigenvalue weighted by Crippen LogP contribution is 2.39. The van der Waals surface area contributed by atoms with E-state index in [2.05, 4.69) is 22.9 Å². The third-order valence-electron chi connectivity index (χ3n) is 6.25. The molecule has 0 amide bonds. The number of hydrogen-bond acceptors (Lipinski definition) is 4. The summed E-state index contributed by atoms with van der Waals surface area (Å²) in [6.45, 7) is 6.55. The van der Waals surface area contributed by atoms with E-state index in [0.29, 0.717) is 35.9 Å². The van der Waals surface area contributed by atoms with Gasteiger partial charge in [-0.2, -0.15) is 0 Å². The molecule has 0 aromatic heterocycles. The highest BCUT2D eigenvalue weighted by atomic mass is 79.9. The van der Waals surface area contributed by atoms with Crippen molar-refractivity contribution in [2.24, 2.45) is 0 Å². The second-order valence-electron chi connectivity index (χ2n) is 8.46. The SMILES string of the molecule is CCCCCCCCCCCCCCCOC(=O)C1=C(CBr)C(=O)OC1(CC)CC. The van der Waals surface area contributed by atoms with E-state index < -0.39 is 17.5 Å². The molecule has 1 aliphatic rings. The summed E-state index contributed by atoms with van der Waals surface area (Å²) in [6.07, 6.45) is 17.9. The summed E-state index contributed by atoms with van der Waals surface area (Å²) in [4.78, 5) is 24.8. The molecule has 1 heterocycles. The molecular formula is C25H43BrO4. The van der Waals surface area contributed by atoms with Crippen LogP contribution in [0.5, 0.6) is 0 Å². The van der Waals surface area contributed by atoms with Crippen LogP contribution in [0.2, 0.25) is 0 Å². The first kappa shape index (κ1) is 27.2. The lowest BCUT2D eigenvalue weighted by molar-refractivity contribution is -0.150. The molecule has 0 unspecified atom stereocenters. The van der Waals surface area contributed by atoms with E-state index in [1.165, 1.54) is 70.6 Å². The Morgan fingerprint density at radius 3 is 1.73 bits per heavy atom. The number of alkyl halides is 1. The van der Waals surface area contributed by atoms with Crippen molar-refractivity contribution in [3.8, 4) is 0 Å². The zero-order valence-electron chi connectivity index (χ0n) is 19.5. The zero-order chi connectivity index (χ0) is 22.2. The molecule has 0 saturated heterocycles. The summed E-state index contributed by atoms with van der Waals surface area (Å²) in [5.41, 5.74) is 0.00548. The number of ether oxygens (including phenoxy) is 2. The Balaban J connectivity index is 2.16. The van der Waals surface area contributed by atoms with Crippen molar-refractivity contribution in [2.75, 3.05) is 11.9 Å². The van der Waals surface area contributed by atoms with Crippen LogP contribution in [-0.2, 0) is 19.1 Å². The van der Waals surface area contributed by atoms with Crippen LogP contribution in [0.15, 0.2) is 11.1 Å². The summed E-state index contributed by atoms with van der Waals surface area (Å²) < 4.78 is 11.1. The molecule has 0 spiro atoms. The van der Waals surface area contributed by atoms with Gasteiger partial charge in [0.05, 0.1) is 17.8 Å². The van der Waals surface area contributed by atoms with Crippen LogP contribution in [0.3, 0.4) is 0 Å². The molecule has 0 aromatic carbocycles. The smallest absolute Gasteiger partial charge is 0.338 e. The van der Waals surface area contributed by atoms with Crippen molar-refractivity contribution < 1.29 is 19.1 Å². The van der Waals surface area contributed by atoms with Gasteiger partial charge >= 0.3 is 11.9 Å². The van der Waals surface area contributed by atoms with Crippen LogP contribution in [-0.4, -0.2) is 29.5 Å². The molecule has 0 atom stereocenters. The second-order valence-corrected chi connectivity index (χ2v) is 9.02. The van der Waals surface area contributed by atoms with E-state index in [0.717, 1.165) is 12.8 Å². The monoisotopic (exact) mass is 486 g/mol. The topological polar surface area (TPSA) is 52.6 Å². The minimum Gasteiger partial charge on any atom is -0.462 e. The molecule has 30 heavy (non-hydrogen) atoms. The Morgan fingerprint density at radius 2 is 1.30 bits per heavy atom. The summed E-state index contributed by atoms with van der Waals surface area (Å²) >= 11 is 3.32. The maximum Gasteiger partial charge on any atom is 0.338 e. The van der Waals surface area contributed by atoms with Crippen LogP contribution in [0, 0.1) is 0 Å². The number of hydrogen-bond donors (Lipinski definition) is 0. The molecule has 0 bridgehead atoms. The fraction of sp³-hybridized carbons (Fsp3) is 0.840. The van der Waals surface area contributed by atoms with Crippen molar-refractivity contribution in [1.29, 1.82) is 0 Å². The predicted molar refractivity (Wildman–Crippen MR) is 127 cm³/mol. The Kier molecular flexibility index (Phi) is 14.4. The second kappa shape index (κ2) is 15.9. The summed E-state index contributed by atoms with van der Waals surface area (Å²) in [5.74, 6) is -0.790. The maximum atomic E-state index is 12.7. The molecular weight excluding hydrogens is 444 g/mol. The Morgan fingerprint density at radius 1 is 0.833 bits per heavy atom. The van der Waals surface area contributed by atoms with Gasteiger partial charge in [-0.1, -0.05) is 114 Å². The van der Waals surface area contributed by atoms with Crippen LogP contribution in [0.25, 0.3) is 0 Å². The predicted octanol–water partition coefficient (Wildman–Crippen LogP) is 7.43.